The molecule has 1 fully saturated rings. The third kappa shape index (κ3) is 2.74. The van der Waals surface area contributed by atoms with Gasteiger partial charge in [-0.15, -0.1) is 5.10 Å². The molecule has 2 aromatic heterocycles. The van der Waals surface area contributed by atoms with Crippen LogP contribution in [0.15, 0.2) is 24.8 Å². The van der Waals surface area contributed by atoms with E-state index in [4.69, 9.17) is 0 Å². The summed E-state index contributed by atoms with van der Waals surface area (Å²) in [4.78, 5) is 13.4. The Labute approximate surface area is 130 Å². The van der Waals surface area contributed by atoms with Crippen LogP contribution in [-0.4, -0.2) is 69.6 Å². The van der Waals surface area contributed by atoms with E-state index in [1.165, 1.54) is 0 Å². The predicted octanol–water partition coefficient (Wildman–Crippen LogP) is 0.491. The van der Waals surface area contributed by atoms with E-state index in [9.17, 15) is 0 Å². The van der Waals surface area contributed by atoms with Gasteiger partial charge >= 0.3 is 0 Å². The normalized spacial score (nSPS) is 21.5. The first-order valence-electron chi connectivity index (χ1n) is 7.52. The average molecular weight is 302 g/mol. The molecule has 0 amide bonds. The van der Waals surface area contributed by atoms with Crippen LogP contribution in [0.1, 0.15) is 13.0 Å². The average Bonchev–Trinajstić information content (AvgIpc) is 3.17. The van der Waals surface area contributed by atoms with Crippen LogP contribution in [-0.2, 0) is 0 Å². The molecule has 2 aromatic rings. The summed E-state index contributed by atoms with van der Waals surface area (Å²) >= 11 is 0. The maximum atomic E-state index is 4.53. The number of anilines is 2. The molecule has 8 heteroatoms. The number of hydrogen-bond donors (Lipinski definition) is 1. The van der Waals surface area contributed by atoms with Crippen LogP contribution in [0.5, 0.6) is 0 Å². The molecule has 1 saturated heterocycles. The lowest BCUT2D eigenvalue weighted by Gasteiger charge is -2.24. The van der Waals surface area contributed by atoms with Crippen molar-refractivity contribution >= 4 is 11.6 Å². The third-order valence-corrected chi connectivity index (χ3v) is 4.03. The summed E-state index contributed by atoms with van der Waals surface area (Å²) in [6, 6.07) is 0.590. The predicted molar refractivity (Wildman–Crippen MR) is 84.9 cm³/mol. The highest BCUT2D eigenvalue weighted by Crippen LogP contribution is 2.30. The zero-order chi connectivity index (χ0) is 15.5. The fourth-order valence-corrected chi connectivity index (χ4v) is 2.96. The molecule has 2 atom stereocenters. The first kappa shape index (κ1) is 14.7. The highest BCUT2D eigenvalue weighted by atomic mass is 15.5. The second kappa shape index (κ2) is 6.27. The van der Waals surface area contributed by atoms with Crippen molar-refractivity contribution in [3.63, 3.8) is 0 Å². The van der Waals surface area contributed by atoms with Crippen molar-refractivity contribution in [2.45, 2.75) is 19.0 Å². The zero-order valence-corrected chi connectivity index (χ0v) is 13.2. The summed E-state index contributed by atoms with van der Waals surface area (Å²) in [6.07, 6.45) is 7.11. The summed E-state index contributed by atoms with van der Waals surface area (Å²) in [5, 5.41) is 11.4. The van der Waals surface area contributed by atoms with Crippen molar-refractivity contribution in [1.82, 2.24) is 29.9 Å². The molecule has 0 unspecified atom stereocenters. The Balaban J connectivity index is 1.88. The van der Waals surface area contributed by atoms with Crippen LogP contribution in [0.25, 0.3) is 0 Å². The third-order valence-electron chi connectivity index (χ3n) is 4.03. The van der Waals surface area contributed by atoms with Gasteiger partial charge in [0.25, 0.3) is 0 Å². The molecule has 3 rings (SSSR count). The number of nitrogens with zero attached hydrogens (tertiary/aromatic N) is 7. The Morgan fingerprint density at radius 1 is 1.23 bits per heavy atom. The number of likely N-dealkylation sites (N-methyl/N-ethyl adjacent to an activating group) is 1. The highest BCUT2D eigenvalue weighted by Gasteiger charge is 2.37. The lowest BCUT2D eigenvalue weighted by Crippen LogP contribution is -2.36. The number of hydrogen-bond acceptors (Lipinski definition) is 7. The molecule has 1 N–H and O–H groups in total. The Morgan fingerprint density at radius 2 is 2.05 bits per heavy atom. The van der Waals surface area contributed by atoms with Gasteiger partial charge in [0.1, 0.15) is 0 Å². The molecule has 1 aliphatic rings. The summed E-state index contributed by atoms with van der Waals surface area (Å²) in [7, 11) is 4.19. The standard InChI is InChI=1S/C14H22N8/c1-4-15-13-14(17-6-5-16-13)21-9-11(20(2)3)12(10-21)22-8-7-18-19-22/h5-8,11-12H,4,9-10H2,1-3H3,(H,15,16)/t11-,12+/m1/s1. The highest BCUT2D eigenvalue weighted by molar-refractivity contribution is 5.61. The maximum Gasteiger partial charge on any atom is 0.171 e. The molecule has 3 heterocycles. The second-order valence-electron chi connectivity index (χ2n) is 5.65. The van der Waals surface area contributed by atoms with Crippen molar-refractivity contribution in [3.8, 4) is 0 Å². The van der Waals surface area contributed by atoms with Crippen LogP contribution < -0.4 is 10.2 Å². The van der Waals surface area contributed by atoms with Crippen LogP contribution in [0.4, 0.5) is 11.6 Å². The van der Waals surface area contributed by atoms with Gasteiger partial charge in [0.2, 0.25) is 0 Å². The molecule has 0 aliphatic carbocycles. The minimum Gasteiger partial charge on any atom is -0.367 e. The molecular formula is C14H22N8. The van der Waals surface area contributed by atoms with Crippen LogP contribution in [0.2, 0.25) is 0 Å². The van der Waals surface area contributed by atoms with E-state index in [2.05, 4.69) is 56.4 Å². The maximum absolute atomic E-state index is 4.53. The van der Waals surface area contributed by atoms with Gasteiger partial charge in [0, 0.05) is 38.2 Å². The van der Waals surface area contributed by atoms with Gasteiger partial charge in [-0.2, -0.15) is 0 Å². The van der Waals surface area contributed by atoms with Crippen molar-refractivity contribution in [2.24, 2.45) is 0 Å². The fourth-order valence-electron chi connectivity index (χ4n) is 2.96. The van der Waals surface area contributed by atoms with E-state index in [-0.39, 0.29) is 6.04 Å². The van der Waals surface area contributed by atoms with Gasteiger partial charge in [-0.05, 0) is 21.0 Å². The van der Waals surface area contributed by atoms with E-state index in [0.717, 1.165) is 31.3 Å². The molecule has 0 aromatic carbocycles. The number of rotatable bonds is 5. The van der Waals surface area contributed by atoms with Gasteiger partial charge in [-0.25, -0.2) is 14.6 Å². The lowest BCUT2D eigenvalue weighted by molar-refractivity contribution is 0.243. The summed E-state index contributed by atoms with van der Waals surface area (Å²) in [5.41, 5.74) is 0. The van der Waals surface area contributed by atoms with Crippen LogP contribution >= 0.6 is 0 Å². The van der Waals surface area contributed by atoms with Gasteiger partial charge in [0.05, 0.1) is 18.3 Å². The summed E-state index contributed by atoms with van der Waals surface area (Å²) in [6.45, 7) is 4.60. The molecule has 0 spiro atoms. The Bertz CT molecular complexity index is 597. The van der Waals surface area contributed by atoms with Gasteiger partial charge in [-0.3, -0.25) is 0 Å². The zero-order valence-electron chi connectivity index (χ0n) is 13.2. The minimum absolute atomic E-state index is 0.244. The SMILES string of the molecule is CCNc1nccnc1N1C[C@@H](N(C)C)[C@@H](n2ccnn2)C1. The molecule has 1 aliphatic heterocycles. The van der Waals surface area contributed by atoms with Gasteiger partial charge < -0.3 is 15.1 Å². The largest absolute Gasteiger partial charge is 0.367 e. The monoisotopic (exact) mass is 302 g/mol. The van der Waals surface area contributed by atoms with E-state index in [0.29, 0.717) is 6.04 Å². The second-order valence-corrected chi connectivity index (χ2v) is 5.65. The summed E-state index contributed by atoms with van der Waals surface area (Å²) in [5.74, 6) is 1.74. The van der Waals surface area contributed by atoms with E-state index in [1.807, 2.05) is 10.9 Å². The molecule has 0 bridgehead atoms. The van der Waals surface area contributed by atoms with Gasteiger partial charge in [-0.1, -0.05) is 5.21 Å². The Morgan fingerprint density at radius 3 is 2.73 bits per heavy atom. The first-order valence-corrected chi connectivity index (χ1v) is 7.52. The van der Waals surface area contributed by atoms with Crippen LogP contribution in [0, 0.1) is 0 Å². The Kier molecular flexibility index (Phi) is 4.19. The smallest absolute Gasteiger partial charge is 0.171 e. The van der Waals surface area contributed by atoms with E-state index >= 15 is 0 Å². The molecule has 118 valence electrons. The van der Waals surface area contributed by atoms with E-state index < -0.39 is 0 Å². The van der Waals surface area contributed by atoms with Crippen LogP contribution in [0.3, 0.4) is 0 Å². The van der Waals surface area contributed by atoms with Crippen molar-refractivity contribution in [2.75, 3.05) is 43.9 Å². The Hall–Kier alpha value is -2.22. The minimum atomic E-state index is 0.244. The summed E-state index contributed by atoms with van der Waals surface area (Å²) < 4.78 is 1.94. The molecule has 0 saturated carbocycles. The molecular weight excluding hydrogens is 280 g/mol. The first-order chi connectivity index (χ1) is 10.7. The quantitative estimate of drug-likeness (QED) is 0.861. The molecule has 8 nitrogen and oxygen atoms in total. The number of aromatic nitrogens is 5. The van der Waals surface area contributed by atoms with Crippen molar-refractivity contribution in [3.05, 3.63) is 24.8 Å². The van der Waals surface area contributed by atoms with E-state index in [1.54, 1.807) is 18.6 Å². The lowest BCUT2D eigenvalue weighted by atomic mass is 10.1. The van der Waals surface area contributed by atoms with Crippen molar-refractivity contribution in [1.29, 1.82) is 0 Å². The fraction of sp³-hybridized carbons (Fsp3) is 0.571. The van der Waals surface area contributed by atoms with Crippen molar-refractivity contribution < 1.29 is 0 Å². The topological polar surface area (TPSA) is 75.0 Å². The number of nitrogens with one attached hydrogen (secondary N) is 1. The van der Waals surface area contributed by atoms with Gasteiger partial charge in [0.15, 0.2) is 11.6 Å². The molecule has 22 heavy (non-hydrogen) atoms. The molecule has 0 radical (unpaired) electrons.